The molecule has 0 heterocycles. The van der Waals surface area contributed by atoms with E-state index in [9.17, 15) is 4.79 Å². The molecule has 3 rings (SSSR count). The molecule has 5 heteroatoms. The Balaban J connectivity index is 1.98. The number of hydrogen-bond donors (Lipinski definition) is 0. The first-order valence-corrected chi connectivity index (χ1v) is 9.30. The van der Waals surface area contributed by atoms with E-state index in [0.29, 0.717) is 25.1 Å². The van der Waals surface area contributed by atoms with E-state index in [1.54, 1.807) is 26.4 Å². The lowest BCUT2D eigenvalue weighted by molar-refractivity contribution is 0.111. The van der Waals surface area contributed by atoms with Gasteiger partial charge in [-0.15, -0.1) is 0 Å². The van der Waals surface area contributed by atoms with Crippen LogP contribution in [0.5, 0.6) is 11.5 Å². The first-order valence-electron chi connectivity index (χ1n) is 9.30. The molecule has 0 saturated heterocycles. The van der Waals surface area contributed by atoms with Gasteiger partial charge in [-0.3, -0.25) is 4.79 Å². The molecule has 3 aromatic carbocycles. The van der Waals surface area contributed by atoms with Crippen molar-refractivity contribution in [2.45, 2.75) is 20.0 Å². The van der Waals surface area contributed by atoms with E-state index < -0.39 is 5.82 Å². The highest BCUT2D eigenvalue weighted by Gasteiger charge is 2.17. The molecular weight excluding hydrogens is 369 g/mol. The number of carbonyl (C=O) groups excluding carboxylic acids is 1. The Kier molecular flexibility index (Phi) is 6.50. The van der Waals surface area contributed by atoms with Crippen LogP contribution >= 0.6 is 0 Å². The molecule has 0 N–H and O–H groups in total. The van der Waals surface area contributed by atoms with Crippen molar-refractivity contribution >= 4 is 12.0 Å². The molecule has 0 aliphatic heterocycles. The molecule has 0 bridgehead atoms. The maximum atomic E-state index is 15.0. The molecule has 0 atom stereocenters. The third-order valence-electron chi connectivity index (χ3n) is 4.76. The third kappa shape index (κ3) is 4.93. The normalized spacial score (nSPS) is 10.5. The molecule has 0 radical (unpaired) electrons. The largest absolute Gasteiger partial charge is 0.497 e. The van der Waals surface area contributed by atoms with Gasteiger partial charge in [0.15, 0.2) is 12.1 Å². The van der Waals surface area contributed by atoms with Gasteiger partial charge in [-0.2, -0.15) is 0 Å². The van der Waals surface area contributed by atoms with Crippen LogP contribution in [0.25, 0.3) is 0 Å². The number of carbonyl (C=O) groups is 1. The van der Waals surface area contributed by atoms with Crippen molar-refractivity contribution < 1.29 is 18.7 Å². The lowest BCUT2D eigenvalue weighted by Gasteiger charge is -2.27. The van der Waals surface area contributed by atoms with Crippen LogP contribution in [0.1, 0.15) is 27.0 Å². The van der Waals surface area contributed by atoms with Crippen molar-refractivity contribution in [2.24, 2.45) is 0 Å². The maximum absolute atomic E-state index is 15.0. The maximum Gasteiger partial charge on any atom is 0.157 e. The summed E-state index contributed by atoms with van der Waals surface area (Å²) in [4.78, 5) is 13.3. The van der Waals surface area contributed by atoms with Crippen LogP contribution in [-0.4, -0.2) is 20.5 Å². The topological polar surface area (TPSA) is 38.8 Å². The van der Waals surface area contributed by atoms with E-state index in [-0.39, 0.29) is 5.56 Å². The summed E-state index contributed by atoms with van der Waals surface area (Å²) in [5.74, 6) is 1.02. The molecule has 3 aromatic rings. The highest BCUT2D eigenvalue weighted by atomic mass is 19.1. The van der Waals surface area contributed by atoms with Crippen molar-refractivity contribution in [3.63, 3.8) is 0 Å². The van der Waals surface area contributed by atoms with Crippen LogP contribution in [0.4, 0.5) is 10.1 Å². The van der Waals surface area contributed by atoms with Crippen molar-refractivity contribution in [3.8, 4) is 11.5 Å². The number of rotatable bonds is 8. The summed E-state index contributed by atoms with van der Waals surface area (Å²) in [7, 11) is 3.24. The summed E-state index contributed by atoms with van der Waals surface area (Å²) in [5, 5.41) is 0. The molecule has 150 valence electrons. The van der Waals surface area contributed by atoms with Gasteiger partial charge < -0.3 is 14.4 Å². The molecule has 0 aliphatic rings. The predicted molar refractivity (Wildman–Crippen MR) is 112 cm³/mol. The van der Waals surface area contributed by atoms with E-state index in [1.165, 1.54) is 0 Å². The number of halogens is 1. The monoisotopic (exact) mass is 393 g/mol. The molecule has 0 aromatic heterocycles. The molecule has 0 amide bonds. The first kappa shape index (κ1) is 20.4. The summed E-state index contributed by atoms with van der Waals surface area (Å²) in [6.07, 6.45) is 0.560. The van der Waals surface area contributed by atoms with E-state index in [4.69, 9.17) is 9.47 Å². The number of benzene rings is 3. The second-order valence-corrected chi connectivity index (χ2v) is 6.86. The number of aryl methyl sites for hydroxylation is 1. The SMILES string of the molecule is COc1ccc(CN(Cc2ccc(OC)cc2)c2cc(C)cc(C=O)c2F)cc1. The summed E-state index contributed by atoms with van der Waals surface area (Å²) in [5.41, 5.74) is 3.31. The van der Waals surface area contributed by atoms with Crippen LogP contribution in [0.3, 0.4) is 0 Å². The van der Waals surface area contributed by atoms with E-state index in [1.807, 2.05) is 60.4 Å². The highest BCUT2D eigenvalue weighted by molar-refractivity contribution is 5.78. The first-order chi connectivity index (χ1) is 14.0. The number of nitrogens with zero attached hydrogens (tertiary/aromatic N) is 1. The fraction of sp³-hybridized carbons (Fsp3) is 0.208. The summed E-state index contributed by atoms with van der Waals surface area (Å²) < 4.78 is 25.5. The highest BCUT2D eigenvalue weighted by Crippen LogP contribution is 2.28. The second-order valence-electron chi connectivity index (χ2n) is 6.86. The van der Waals surface area contributed by atoms with Gasteiger partial charge in [0.25, 0.3) is 0 Å². The Hall–Kier alpha value is -3.34. The van der Waals surface area contributed by atoms with Crippen LogP contribution < -0.4 is 14.4 Å². The summed E-state index contributed by atoms with van der Waals surface area (Å²) in [6.45, 7) is 2.82. The van der Waals surface area contributed by atoms with Crippen molar-refractivity contribution in [1.82, 2.24) is 0 Å². The lowest BCUT2D eigenvalue weighted by Crippen LogP contribution is -2.24. The van der Waals surface area contributed by atoms with Crippen LogP contribution in [0.2, 0.25) is 0 Å². The number of ether oxygens (including phenoxy) is 2. The average molecular weight is 393 g/mol. The Morgan fingerprint density at radius 3 is 1.76 bits per heavy atom. The van der Waals surface area contributed by atoms with Crippen molar-refractivity contribution in [1.29, 1.82) is 0 Å². The number of anilines is 1. The molecule has 0 aliphatic carbocycles. The quantitative estimate of drug-likeness (QED) is 0.495. The molecular formula is C24H24FNO3. The predicted octanol–water partition coefficient (Wildman–Crippen LogP) is 5.17. The van der Waals surface area contributed by atoms with Gasteiger partial charge >= 0.3 is 0 Å². The molecule has 4 nitrogen and oxygen atoms in total. The van der Waals surface area contributed by atoms with Crippen LogP contribution in [0.15, 0.2) is 60.7 Å². The molecule has 0 spiro atoms. The Labute approximate surface area is 170 Å². The molecule has 29 heavy (non-hydrogen) atoms. The Morgan fingerprint density at radius 2 is 1.34 bits per heavy atom. The summed E-state index contributed by atoms with van der Waals surface area (Å²) >= 11 is 0. The van der Waals surface area contributed by atoms with E-state index in [2.05, 4.69) is 0 Å². The van der Waals surface area contributed by atoms with Gasteiger partial charge in [-0.1, -0.05) is 24.3 Å². The standard InChI is InChI=1S/C24H24FNO3/c1-17-12-20(16-27)24(25)23(13-17)26(14-18-4-8-21(28-2)9-5-18)15-19-6-10-22(29-3)11-7-19/h4-13,16H,14-15H2,1-3H3. The number of hydrogen-bond acceptors (Lipinski definition) is 4. The minimum Gasteiger partial charge on any atom is -0.497 e. The van der Waals surface area contributed by atoms with Crippen LogP contribution in [0, 0.1) is 12.7 Å². The minimum atomic E-state index is -0.507. The zero-order chi connectivity index (χ0) is 20.8. The van der Waals surface area contributed by atoms with Gasteiger partial charge in [-0.25, -0.2) is 4.39 Å². The number of methoxy groups -OCH3 is 2. The van der Waals surface area contributed by atoms with Gasteiger partial charge in [0, 0.05) is 13.1 Å². The third-order valence-corrected chi connectivity index (χ3v) is 4.76. The molecule has 0 fully saturated rings. The zero-order valence-corrected chi connectivity index (χ0v) is 16.8. The fourth-order valence-electron chi connectivity index (χ4n) is 3.22. The van der Waals surface area contributed by atoms with Gasteiger partial charge in [0.2, 0.25) is 0 Å². The minimum absolute atomic E-state index is 0.0643. The van der Waals surface area contributed by atoms with Gasteiger partial charge in [0.1, 0.15) is 11.5 Å². The second kappa shape index (κ2) is 9.24. The van der Waals surface area contributed by atoms with Crippen LogP contribution in [-0.2, 0) is 13.1 Å². The van der Waals surface area contributed by atoms with E-state index >= 15 is 4.39 Å². The molecule has 0 unspecified atom stereocenters. The Bertz CT molecular complexity index is 919. The summed E-state index contributed by atoms with van der Waals surface area (Å²) in [6, 6.07) is 18.7. The fourth-order valence-corrected chi connectivity index (χ4v) is 3.22. The van der Waals surface area contributed by atoms with Crippen molar-refractivity contribution in [2.75, 3.05) is 19.1 Å². The van der Waals surface area contributed by atoms with E-state index in [0.717, 1.165) is 28.2 Å². The van der Waals surface area contributed by atoms with Gasteiger partial charge in [0.05, 0.1) is 25.5 Å². The average Bonchev–Trinajstić information content (AvgIpc) is 2.75. The van der Waals surface area contributed by atoms with Gasteiger partial charge in [-0.05, 0) is 60.0 Å². The van der Waals surface area contributed by atoms with Crippen molar-refractivity contribution in [3.05, 3.63) is 88.7 Å². The smallest absolute Gasteiger partial charge is 0.157 e. The number of aldehydes is 1. The zero-order valence-electron chi connectivity index (χ0n) is 16.8. The lowest BCUT2D eigenvalue weighted by atomic mass is 10.1. The molecule has 0 saturated carbocycles. The Morgan fingerprint density at radius 1 is 0.862 bits per heavy atom.